The molecule has 0 unspecified atom stereocenters. The Kier molecular flexibility index (Phi) is 5.47. The third-order valence-corrected chi connectivity index (χ3v) is 5.49. The summed E-state index contributed by atoms with van der Waals surface area (Å²) in [5.74, 6) is 0.214. The number of nitrogens with zero attached hydrogens (tertiary/aromatic N) is 1. The predicted octanol–water partition coefficient (Wildman–Crippen LogP) is 3.67. The minimum atomic E-state index is 0.0106. The van der Waals surface area contributed by atoms with E-state index < -0.39 is 0 Å². The molecule has 5 heteroatoms. The first kappa shape index (κ1) is 15.8. The Labute approximate surface area is 130 Å². The zero-order valence-corrected chi connectivity index (χ0v) is 13.8. The molecule has 0 spiro atoms. The zero-order chi connectivity index (χ0) is 14.6. The summed E-state index contributed by atoms with van der Waals surface area (Å²) in [5.41, 5.74) is 0.0106. The molecule has 2 rings (SSSR count). The van der Waals surface area contributed by atoms with Crippen molar-refractivity contribution in [2.24, 2.45) is 0 Å². The van der Waals surface area contributed by atoms with Gasteiger partial charge in [-0.05, 0) is 32.0 Å². The van der Waals surface area contributed by atoms with E-state index >= 15 is 0 Å². The van der Waals surface area contributed by atoms with Crippen LogP contribution in [0.3, 0.4) is 0 Å². The molecule has 1 aromatic heterocycles. The summed E-state index contributed by atoms with van der Waals surface area (Å²) in [6.07, 6.45) is 6.54. The average Bonchev–Trinajstić information content (AvgIpc) is 2.85. The number of nitrogens with one attached hydrogen (secondary N) is 1. The van der Waals surface area contributed by atoms with Crippen LogP contribution in [0.15, 0.2) is 12.1 Å². The Hall–Kier alpha value is -0.580. The van der Waals surface area contributed by atoms with Gasteiger partial charge in [0.2, 0.25) is 5.91 Å². The van der Waals surface area contributed by atoms with E-state index in [9.17, 15) is 4.79 Å². The second-order valence-corrected chi connectivity index (χ2v) is 7.52. The van der Waals surface area contributed by atoms with E-state index in [1.165, 1.54) is 19.3 Å². The van der Waals surface area contributed by atoms with Crippen LogP contribution in [0.2, 0.25) is 4.34 Å². The van der Waals surface area contributed by atoms with Crippen LogP contribution in [-0.2, 0) is 11.3 Å². The standard InChI is InChI=1S/C15H23ClN2OS/c1-17-15(8-4-3-5-9-15)10-14(19)18(2)11-12-6-7-13(16)20-12/h6-7,17H,3-5,8-11H2,1-2H3. The fraction of sp³-hybridized carbons (Fsp3) is 0.667. The maximum Gasteiger partial charge on any atom is 0.224 e. The second kappa shape index (κ2) is 6.92. The van der Waals surface area contributed by atoms with Gasteiger partial charge in [-0.1, -0.05) is 30.9 Å². The summed E-state index contributed by atoms with van der Waals surface area (Å²) in [6, 6.07) is 3.88. The molecule has 0 aromatic carbocycles. The van der Waals surface area contributed by atoms with Crippen molar-refractivity contribution in [1.29, 1.82) is 0 Å². The first-order chi connectivity index (χ1) is 9.54. The largest absolute Gasteiger partial charge is 0.341 e. The maximum atomic E-state index is 12.4. The molecule has 0 aliphatic heterocycles. The number of amides is 1. The average molecular weight is 315 g/mol. The van der Waals surface area contributed by atoms with Gasteiger partial charge >= 0.3 is 0 Å². The Bertz CT molecular complexity index is 454. The van der Waals surface area contributed by atoms with E-state index in [0.29, 0.717) is 13.0 Å². The Morgan fingerprint density at radius 3 is 2.65 bits per heavy atom. The smallest absolute Gasteiger partial charge is 0.224 e. The van der Waals surface area contributed by atoms with Crippen LogP contribution in [0.4, 0.5) is 0 Å². The summed E-state index contributed by atoms with van der Waals surface area (Å²) in [5, 5.41) is 3.41. The lowest BCUT2D eigenvalue weighted by Crippen LogP contribution is -2.48. The van der Waals surface area contributed by atoms with Crippen molar-refractivity contribution in [2.75, 3.05) is 14.1 Å². The summed E-state index contributed by atoms with van der Waals surface area (Å²) in [4.78, 5) is 15.4. The molecule has 0 radical (unpaired) electrons. The van der Waals surface area contributed by atoms with E-state index in [2.05, 4.69) is 5.32 Å². The Morgan fingerprint density at radius 2 is 2.10 bits per heavy atom. The van der Waals surface area contributed by atoms with Crippen LogP contribution in [-0.4, -0.2) is 30.4 Å². The lowest BCUT2D eigenvalue weighted by Gasteiger charge is -2.37. The predicted molar refractivity (Wildman–Crippen MR) is 85.3 cm³/mol. The van der Waals surface area contributed by atoms with Crippen molar-refractivity contribution in [3.05, 3.63) is 21.3 Å². The molecule has 0 atom stereocenters. The monoisotopic (exact) mass is 314 g/mol. The molecule has 1 aromatic rings. The minimum Gasteiger partial charge on any atom is -0.341 e. The number of rotatable bonds is 5. The summed E-state index contributed by atoms with van der Waals surface area (Å²) >= 11 is 7.47. The van der Waals surface area contributed by atoms with Crippen molar-refractivity contribution in [3.63, 3.8) is 0 Å². The molecule has 3 nitrogen and oxygen atoms in total. The van der Waals surface area contributed by atoms with Gasteiger partial charge in [0, 0.05) is 23.9 Å². The van der Waals surface area contributed by atoms with E-state index in [4.69, 9.17) is 11.6 Å². The first-order valence-corrected chi connectivity index (χ1v) is 8.41. The number of hydrogen-bond acceptors (Lipinski definition) is 3. The van der Waals surface area contributed by atoms with E-state index in [0.717, 1.165) is 22.1 Å². The van der Waals surface area contributed by atoms with Crippen LogP contribution in [0.5, 0.6) is 0 Å². The maximum absolute atomic E-state index is 12.4. The number of carbonyl (C=O) groups is 1. The van der Waals surface area contributed by atoms with Gasteiger partial charge in [0.1, 0.15) is 0 Å². The first-order valence-electron chi connectivity index (χ1n) is 7.22. The van der Waals surface area contributed by atoms with E-state index in [1.54, 1.807) is 11.3 Å². The fourth-order valence-corrected chi connectivity index (χ4v) is 4.07. The number of halogens is 1. The fourth-order valence-electron chi connectivity index (χ4n) is 2.93. The van der Waals surface area contributed by atoms with Gasteiger partial charge in [-0.3, -0.25) is 4.79 Å². The van der Waals surface area contributed by atoms with Crippen LogP contribution in [0, 0.1) is 0 Å². The molecule has 0 bridgehead atoms. The van der Waals surface area contributed by atoms with Gasteiger partial charge in [0.25, 0.3) is 0 Å². The normalized spacial score (nSPS) is 17.9. The van der Waals surface area contributed by atoms with Crippen LogP contribution in [0.1, 0.15) is 43.4 Å². The molecule has 1 heterocycles. The van der Waals surface area contributed by atoms with Gasteiger partial charge < -0.3 is 10.2 Å². The molecule has 1 amide bonds. The molecule has 1 fully saturated rings. The lowest BCUT2D eigenvalue weighted by molar-refractivity contribution is -0.132. The zero-order valence-electron chi connectivity index (χ0n) is 12.2. The van der Waals surface area contributed by atoms with Gasteiger partial charge in [-0.2, -0.15) is 0 Å². The van der Waals surface area contributed by atoms with Crippen molar-refractivity contribution < 1.29 is 4.79 Å². The van der Waals surface area contributed by atoms with Gasteiger partial charge in [-0.25, -0.2) is 0 Å². The molecular formula is C15H23ClN2OS. The molecule has 1 aliphatic rings. The summed E-state index contributed by atoms with van der Waals surface area (Å²) in [7, 11) is 3.86. The Balaban J connectivity index is 1.92. The molecule has 20 heavy (non-hydrogen) atoms. The molecule has 1 aliphatic carbocycles. The molecule has 112 valence electrons. The highest BCUT2D eigenvalue weighted by atomic mass is 35.5. The second-order valence-electron chi connectivity index (χ2n) is 5.72. The molecular weight excluding hydrogens is 292 g/mol. The van der Waals surface area contributed by atoms with Gasteiger partial charge in [-0.15, -0.1) is 11.3 Å². The highest BCUT2D eigenvalue weighted by molar-refractivity contribution is 7.16. The van der Waals surface area contributed by atoms with Crippen molar-refractivity contribution >= 4 is 28.8 Å². The van der Waals surface area contributed by atoms with E-state index in [-0.39, 0.29) is 11.4 Å². The minimum absolute atomic E-state index is 0.0106. The van der Waals surface area contributed by atoms with Crippen LogP contribution in [0.25, 0.3) is 0 Å². The van der Waals surface area contributed by atoms with Crippen molar-refractivity contribution in [3.8, 4) is 0 Å². The lowest BCUT2D eigenvalue weighted by atomic mass is 9.79. The highest BCUT2D eigenvalue weighted by Crippen LogP contribution is 2.31. The van der Waals surface area contributed by atoms with Crippen molar-refractivity contribution in [1.82, 2.24) is 10.2 Å². The topological polar surface area (TPSA) is 32.3 Å². The SMILES string of the molecule is CNC1(CC(=O)N(C)Cc2ccc(Cl)s2)CCCCC1. The summed E-state index contributed by atoms with van der Waals surface area (Å²) in [6.45, 7) is 0.649. The van der Waals surface area contributed by atoms with Crippen molar-refractivity contribution in [2.45, 2.75) is 50.6 Å². The van der Waals surface area contributed by atoms with E-state index in [1.807, 2.05) is 31.1 Å². The number of hydrogen-bond donors (Lipinski definition) is 1. The van der Waals surface area contributed by atoms with Crippen LogP contribution < -0.4 is 5.32 Å². The molecule has 1 saturated carbocycles. The third kappa shape index (κ3) is 3.96. The highest BCUT2D eigenvalue weighted by Gasteiger charge is 2.33. The quantitative estimate of drug-likeness (QED) is 0.899. The van der Waals surface area contributed by atoms with Crippen LogP contribution >= 0.6 is 22.9 Å². The molecule has 1 N–H and O–H groups in total. The van der Waals surface area contributed by atoms with Gasteiger partial charge in [0.05, 0.1) is 10.9 Å². The Morgan fingerprint density at radius 1 is 1.40 bits per heavy atom. The number of carbonyl (C=O) groups excluding carboxylic acids is 1. The third-order valence-electron chi connectivity index (χ3n) is 4.28. The molecule has 0 saturated heterocycles. The number of thiophene rings is 1. The summed E-state index contributed by atoms with van der Waals surface area (Å²) < 4.78 is 0.778. The van der Waals surface area contributed by atoms with Gasteiger partial charge in [0.15, 0.2) is 0 Å².